The van der Waals surface area contributed by atoms with E-state index in [1.165, 1.54) is 30.4 Å². The summed E-state index contributed by atoms with van der Waals surface area (Å²) < 4.78 is 0. The quantitative estimate of drug-likeness (QED) is 0.799. The highest BCUT2D eigenvalue weighted by Gasteiger charge is 2.38. The Bertz CT molecular complexity index is 339. The van der Waals surface area contributed by atoms with Gasteiger partial charge in [-0.15, -0.1) is 0 Å². The average Bonchev–Trinajstić information content (AvgIpc) is 3.01. The van der Waals surface area contributed by atoms with Crippen molar-refractivity contribution in [2.45, 2.75) is 43.4 Å². The van der Waals surface area contributed by atoms with Crippen molar-refractivity contribution in [2.75, 3.05) is 6.61 Å². The number of aliphatic hydroxyl groups excluding tert-OH is 1. The summed E-state index contributed by atoms with van der Waals surface area (Å²) in [6.07, 6.45) is 6.32. The van der Waals surface area contributed by atoms with E-state index < -0.39 is 0 Å². The summed E-state index contributed by atoms with van der Waals surface area (Å²) in [5.74, 6) is 0.838. The van der Waals surface area contributed by atoms with E-state index in [9.17, 15) is 5.11 Å². The third kappa shape index (κ3) is 1.50. The summed E-state index contributed by atoms with van der Waals surface area (Å²) in [4.78, 5) is 0. The van der Waals surface area contributed by atoms with Gasteiger partial charge in [-0.3, -0.25) is 0 Å². The Morgan fingerprint density at radius 2 is 1.80 bits per heavy atom. The van der Waals surface area contributed by atoms with Gasteiger partial charge >= 0.3 is 0 Å². The zero-order chi connectivity index (χ0) is 10.3. The molecule has 1 N–H and O–H groups in total. The summed E-state index contributed by atoms with van der Waals surface area (Å²) in [7, 11) is 0. The minimum atomic E-state index is 0.113. The van der Waals surface area contributed by atoms with Crippen LogP contribution in [0.25, 0.3) is 0 Å². The Morgan fingerprint density at radius 1 is 1.13 bits per heavy atom. The summed E-state index contributed by atoms with van der Waals surface area (Å²) in [6.45, 7) is 0.315. The molecule has 0 atom stereocenters. The van der Waals surface area contributed by atoms with Crippen LogP contribution < -0.4 is 0 Å². The minimum absolute atomic E-state index is 0.113. The normalized spacial score (nSPS) is 23.5. The highest BCUT2D eigenvalue weighted by molar-refractivity contribution is 5.34. The van der Waals surface area contributed by atoms with E-state index in [1.807, 2.05) is 0 Å². The lowest BCUT2D eigenvalue weighted by Crippen LogP contribution is -2.37. The lowest BCUT2D eigenvalue weighted by atomic mass is 9.65. The van der Waals surface area contributed by atoms with Gasteiger partial charge < -0.3 is 5.11 Å². The molecule has 0 bridgehead atoms. The van der Waals surface area contributed by atoms with E-state index in [2.05, 4.69) is 24.3 Å². The maximum absolute atomic E-state index is 9.48. The lowest BCUT2D eigenvalue weighted by molar-refractivity contribution is 0.120. The number of rotatable bonds is 3. The van der Waals surface area contributed by atoms with Crippen LogP contribution in [0, 0.1) is 0 Å². The van der Waals surface area contributed by atoms with Gasteiger partial charge in [-0.05, 0) is 42.7 Å². The van der Waals surface area contributed by atoms with Gasteiger partial charge in [-0.1, -0.05) is 30.7 Å². The van der Waals surface area contributed by atoms with Crippen LogP contribution in [0.1, 0.15) is 49.1 Å². The van der Waals surface area contributed by atoms with Crippen LogP contribution in [0.3, 0.4) is 0 Å². The van der Waals surface area contributed by atoms with Crippen molar-refractivity contribution in [1.29, 1.82) is 0 Å². The van der Waals surface area contributed by atoms with E-state index in [-0.39, 0.29) is 5.41 Å². The Kier molecular flexibility index (Phi) is 2.10. The van der Waals surface area contributed by atoms with Gasteiger partial charge in [0, 0.05) is 5.41 Å². The van der Waals surface area contributed by atoms with Gasteiger partial charge in [0.05, 0.1) is 6.61 Å². The average molecular weight is 202 g/mol. The van der Waals surface area contributed by atoms with Crippen LogP contribution in [0.2, 0.25) is 0 Å². The van der Waals surface area contributed by atoms with Gasteiger partial charge in [0.1, 0.15) is 0 Å². The van der Waals surface area contributed by atoms with E-state index in [0.717, 1.165) is 18.8 Å². The fourth-order valence-corrected chi connectivity index (χ4v) is 2.67. The van der Waals surface area contributed by atoms with Crippen LogP contribution in [-0.4, -0.2) is 11.7 Å². The van der Waals surface area contributed by atoms with Gasteiger partial charge in [0.2, 0.25) is 0 Å². The molecule has 0 aliphatic heterocycles. The highest BCUT2D eigenvalue weighted by atomic mass is 16.3. The van der Waals surface area contributed by atoms with Gasteiger partial charge in [0.15, 0.2) is 0 Å². The summed E-state index contributed by atoms with van der Waals surface area (Å²) in [5.41, 5.74) is 2.95. The molecule has 0 aromatic heterocycles. The second-order valence-corrected chi connectivity index (χ2v) is 5.19. The molecule has 80 valence electrons. The number of hydrogen-bond donors (Lipinski definition) is 1. The van der Waals surface area contributed by atoms with Gasteiger partial charge in [-0.2, -0.15) is 0 Å². The molecule has 15 heavy (non-hydrogen) atoms. The molecule has 1 aromatic rings. The molecule has 1 heteroatoms. The predicted molar refractivity (Wildman–Crippen MR) is 61.0 cm³/mol. The predicted octanol–water partition coefficient (Wildman–Crippen LogP) is 2.98. The Balaban J connectivity index is 1.85. The first-order chi connectivity index (χ1) is 7.34. The highest BCUT2D eigenvalue weighted by Crippen LogP contribution is 2.45. The molecule has 2 aliphatic carbocycles. The molecule has 0 saturated heterocycles. The Hall–Kier alpha value is -0.820. The molecule has 3 rings (SSSR count). The first kappa shape index (κ1) is 9.41. The summed E-state index contributed by atoms with van der Waals surface area (Å²) >= 11 is 0. The molecule has 1 nitrogen and oxygen atoms in total. The maximum atomic E-state index is 9.48. The van der Waals surface area contributed by atoms with Crippen LogP contribution in [0.15, 0.2) is 24.3 Å². The zero-order valence-electron chi connectivity index (χ0n) is 9.08. The third-order valence-electron chi connectivity index (χ3n) is 4.19. The van der Waals surface area contributed by atoms with E-state index in [0.29, 0.717) is 6.61 Å². The smallest absolute Gasteiger partial charge is 0.0527 e. The van der Waals surface area contributed by atoms with Crippen LogP contribution in [0.4, 0.5) is 0 Å². The molecule has 0 amide bonds. The molecule has 1 aromatic carbocycles. The standard InChI is InChI=1S/C14H18O/c15-10-14(8-1-9-14)13-6-4-12(5-7-13)11-2-3-11/h4-7,11,15H,1-3,8-10H2. The topological polar surface area (TPSA) is 20.2 Å². The molecule has 0 heterocycles. The van der Waals surface area contributed by atoms with E-state index in [4.69, 9.17) is 0 Å². The Morgan fingerprint density at radius 3 is 2.20 bits per heavy atom. The van der Waals surface area contributed by atoms with Gasteiger partial charge in [0.25, 0.3) is 0 Å². The fraction of sp³-hybridized carbons (Fsp3) is 0.571. The Labute approximate surface area is 91.1 Å². The molecule has 0 radical (unpaired) electrons. The van der Waals surface area contributed by atoms with Crippen molar-refractivity contribution < 1.29 is 5.11 Å². The summed E-state index contributed by atoms with van der Waals surface area (Å²) in [5, 5.41) is 9.48. The first-order valence-corrected chi connectivity index (χ1v) is 6.05. The monoisotopic (exact) mass is 202 g/mol. The molecular formula is C14H18O. The zero-order valence-corrected chi connectivity index (χ0v) is 9.08. The molecule has 0 spiro atoms. The summed E-state index contributed by atoms with van der Waals surface area (Å²) in [6, 6.07) is 9.01. The van der Waals surface area contributed by atoms with Crippen LogP contribution >= 0.6 is 0 Å². The van der Waals surface area contributed by atoms with Crippen LogP contribution in [0.5, 0.6) is 0 Å². The number of benzene rings is 1. The third-order valence-corrected chi connectivity index (χ3v) is 4.19. The second kappa shape index (κ2) is 3.34. The van der Waals surface area contributed by atoms with E-state index in [1.54, 1.807) is 0 Å². The maximum Gasteiger partial charge on any atom is 0.0527 e. The minimum Gasteiger partial charge on any atom is -0.395 e. The largest absolute Gasteiger partial charge is 0.395 e. The van der Waals surface area contributed by atoms with Crippen molar-refractivity contribution in [2.24, 2.45) is 0 Å². The van der Waals surface area contributed by atoms with Crippen molar-refractivity contribution in [3.63, 3.8) is 0 Å². The SMILES string of the molecule is OCC1(c2ccc(C3CC3)cc2)CCC1. The first-order valence-electron chi connectivity index (χ1n) is 6.05. The van der Waals surface area contributed by atoms with Crippen molar-refractivity contribution >= 4 is 0 Å². The van der Waals surface area contributed by atoms with Crippen molar-refractivity contribution in [3.05, 3.63) is 35.4 Å². The molecule has 2 fully saturated rings. The number of aliphatic hydroxyl groups is 1. The van der Waals surface area contributed by atoms with Crippen LogP contribution in [-0.2, 0) is 5.41 Å². The molecule has 2 aliphatic rings. The lowest BCUT2D eigenvalue weighted by Gasteiger charge is -2.41. The molecular weight excluding hydrogens is 184 g/mol. The van der Waals surface area contributed by atoms with Crippen molar-refractivity contribution in [3.8, 4) is 0 Å². The molecule has 0 unspecified atom stereocenters. The second-order valence-electron chi connectivity index (χ2n) is 5.19. The van der Waals surface area contributed by atoms with Crippen molar-refractivity contribution in [1.82, 2.24) is 0 Å². The fourth-order valence-electron chi connectivity index (χ4n) is 2.67. The van der Waals surface area contributed by atoms with Gasteiger partial charge in [-0.25, -0.2) is 0 Å². The van der Waals surface area contributed by atoms with E-state index >= 15 is 0 Å². The molecule has 2 saturated carbocycles. The number of hydrogen-bond acceptors (Lipinski definition) is 1.